The maximum atomic E-state index is 13.8. The van der Waals surface area contributed by atoms with Crippen molar-refractivity contribution in [3.63, 3.8) is 0 Å². The van der Waals surface area contributed by atoms with Crippen LogP contribution in [0.5, 0.6) is 0 Å². The first kappa shape index (κ1) is 34.4. The Hall–Kier alpha value is -3.10. The van der Waals surface area contributed by atoms with Crippen LogP contribution in [0, 0.1) is 0 Å². The summed E-state index contributed by atoms with van der Waals surface area (Å²) >= 11 is 0. The number of hydrogen-bond donors (Lipinski definition) is 0. The summed E-state index contributed by atoms with van der Waals surface area (Å²) in [5, 5.41) is -0.00784. The fourth-order valence-corrected chi connectivity index (χ4v) is 5.72. The van der Waals surface area contributed by atoms with Gasteiger partial charge in [-0.15, -0.1) is 0 Å². The molecule has 0 aromatic carbocycles. The summed E-state index contributed by atoms with van der Waals surface area (Å²) in [4.78, 5) is 62.6. The topological polar surface area (TPSA) is 144 Å². The second kappa shape index (κ2) is 11.8. The average Bonchev–Trinajstić information content (AvgIpc) is 3.39. The Morgan fingerprint density at radius 3 is 2.12 bits per heavy atom. The number of fused-ring (bicyclic) bond motifs is 1. The molecular weight excluding hydrogens is 574 g/mol. The van der Waals surface area contributed by atoms with Gasteiger partial charge >= 0.3 is 12.2 Å². The van der Waals surface area contributed by atoms with Crippen LogP contribution in [0.3, 0.4) is 0 Å². The quantitative estimate of drug-likeness (QED) is 0.378. The molecule has 2 aromatic heterocycles. The molecule has 3 heterocycles. The summed E-state index contributed by atoms with van der Waals surface area (Å²) in [5.41, 5.74) is -3.03. The van der Waals surface area contributed by atoms with Gasteiger partial charge in [-0.05, 0) is 66.1 Å². The van der Waals surface area contributed by atoms with Gasteiger partial charge < -0.3 is 18.6 Å². The van der Waals surface area contributed by atoms with Gasteiger partial charge in [0.15, 0.2) is 19.5 Å². The fourth-order valence-electron chi connectivity index (χ4n) is 4.36. The maximum Gasteiger partial charge on any atom is 0.424 e. The average molecular weight is 622 g/mol. The molecule has 14 heteroatoms. The lowest BCUT2D eigenvalue weighted by molar-refractivity contribution is -0.116. The second-order valence-electron chi connectivity index (χ2n) is 14.4. The molecule has 3 rings (SSSR count). The van der Waals surface area contributed by atoms with Crippen molar-refractivity contribution >= 4 is 43.5 Å². The summed E-state index contributed by atoms with van der Waals surface area (Å²) in [7, 11) is -2.13. The molecule has 0 spiro atoms. The van der Waals surface area contributed by atoms with Gasteiger partial charge in [0.2, 0.25) is 11.9 Å². The summed E-state index contributed by atoms with van der Waals surface area (Å²) < 4.78 is 26.1. The van der Waals surface area contributed by atoms with Crippen LogP contribution in [-0.2, 0) is 23.4 Å². The van der Waals surface area contributed by atoms with Gasteiger partial charge in [0, 0.05) is 13.3 Å². The van der Waals surface area contributed by atoms with E-state index in [2.05, 4.69) is 43.8 Å². The Balaban J connectivity index is 2.20. The monoisotopic (exact) mass is 621 g/mol. The van der Waals surface area contributed by atoms with Crippen LogP contribution >= 0.6 is 0 Å². The van der Waals surface area contributed by atoms with E-state index in [-0.39, 0.29) is 28.4 Å². The van der Waals surface area contributed by atoms with E-state index < -0.39 is 55.3 Å². The molecule has 13 nitrogen and oxygen atoms in total. The van der Waals surface area contributed by atoms with Gasteiger partial charge in [-0.1, -0.05) is 27.7 Å². The molecule has 0 unspecified atom stereocenters. The van der Waals surface area contributed by atoms with Crippen molar-refractivity contribution in [1.82, 2.24) is 19.1 Å². The highest BCUT2D eigenvalue weighted by molar-refractivity contribution is 6.74. The standard InChI is InChI=1S/C29H47N5O8Si/c1-14-18-19(42-43(12,13)29(9,10)11)15-20(39-18)32-16-30-21-22(32)31-24(33(17(2)35)25(37)40-27(3,4)5)34(23(21)36)26(38)41-28(6,7)8/h16,18-20H,14-15H2,1-13H3/t18-,19-,20-/m1/s1. The third-order valence-electron chi connectivity index (χ3n) is 7.39. The molecule has 1 aliphatic rings. The number of imidazole rings is 1. The number of hydrogen-bond acceptors (Lipinski definition) is 10. The highest BCUT2D eigenvalue weighted by Gasteiger charge is 2.45. The van der Waals surface area contributed by atoms with Crippen molar-refractivity contribution in [2.45, 2.75) is 137 Å². The van der Waals surface area contributed by atoms with E-state index in [1.165, 1.54) is 6.33 Å². The van der Waals surface area contributed by atoms with E-state index in [0.29, 0.717) is 22.3 Å². The molecule has 1 saturated heterocycles. The Labute approximate surface area is 254 Å². The van der Waals surface area contributed by atoms with Crippen molar-refractivity contribution in [3.05, 3.63) is 16.7 Å². The molecule has 43 heavy (non-hydrogen) atoms. The molecule has 0 radical (unpaired) electrons. The molecule has 0 N–H and O–H groups in total. The third kappa shape index (κ3) is 7.52. The predicted molar refractivity (Wildman–Crippen MR) is 164 cm³/mol. The van der Waals surface area contributed by atoms with Crippen LogP contribution in [0.2, 0.25) is 18.1 Å². The molecule has 0 saturated carbocycles. The molecule has 3 atom stereocenters. The number of carbonyl (C=O) groups is 3. The van der Waals surface area contributed by atoms with Gasteiger partial charge in [0.05, 0.1) is 18.5 Å². The smallest absolute Gasteiger partial charge is 0.424 e. The summed E-state index contributed by atoms with van der Waals surface area (Å²) in [5.74, 6) is -1.40. The van der Waals surface area contributed by atoms with E-state index in [1.54, 1.807) is 46.1 Å². The van der Waals surface area contributed by atoms with Crippen LogP contribution in [0.4, 0.5) is 15.5 Å². The number of ether oxygens (including phenoxy) is 3. The molecule has 240 valence electrons. The first-order valence-electron chi connectivity index (χ1n) is 14.6. The molecule has 1 aliphatic heterocycles. The first-order valence-corrected chi connectivity index (χ1v) is 17.5. The molecule has 2 aromatic rings. The van der Waals surface area contributed by atoms with E-state index in [9.17, 15) is 19.2 Å². The maximum absolute atomic E-state index is 13.8. The van der Waals surface area contributed by atoms with Crippen molar-refractivity contribution < 1.29 is 33.0 Å². The minimum absolute atomic E-state index is 0.00784. The highest BCUT2D eigenvalue weighted by atomic mass is 28.4. The largest absolute Gasteiger partial charge is 0.443 e. The Kier molecular flexibility index (Phi) is 9.41. The first-order chi connectivity index (χ1) is 19.5. The summed E-state index contributed by atoms with van der Waals surface area (Å²) in [6.45, 7) is 23.7. The fraction of sp³-hybridized carbons (Fsp3) is 0.724. The molecular formula is C29H47N5O8Si. The van der Waals surface area contributed by atoms with Gasteiger partial charge in [-0.2, -0.15) is 14.5 Å². The Morgan fingerprint density at radius 1 is 1.05 bits per heavy atom. The second-order valence-corrected chi connectivity index (χ2v) is 19.1. The normalized spacial score (nSPS) is 19.9. The van der Waals surface area contributed by atoms with E-state index in [4.69, 9.17) is 18.6 Å². The van der Waals surface area contributed by atoms with Gasteiger partial charge in [0.1, 0.15) is 17.4 Å². The lowest BCUT2D eigenvalue weighted by Gasteiger charge is -2.39. The van der Waals surface area contributed by atoms with Crippen LogP contribution in [0.25, 0.3) is 11.2 Å². The van der Waals surface area contributed by atoms with Crippen LogP contribution in [0.1, 0.15) is 95.2 Å². The lowest BCUT2D eigenvalue weighted by atomic mass is 10.1. The Bertz CT molecular complexity index is 1440. The van der Waals surface area contributed by atoms with Crippen LogP contribution in [-0.4, -0.2) is 68.9 Å². The number of aromatic nitrogens is 4. The van der Waals surface area contributed by atoms with Gasteiger partial charge in [0.25, 0.3) is 5.56 Å². The number of amides is 2. The number of anilines is 1. The van der Waals surface area contributed by atoms with E-state index in [1.807, 2.05) is 6.92 Å². The molecule has 2 amide bonds. The van der Waals surface area contributed by atoms with E-state index in [0.717, 1.165) is 6.92 Å². The summed E-state index contributed by atoms with van der Waals surface area (Å²) in [6.07, 6.45) is -0.694. The minimum Gasteiger partial charge on any atom is -0.443 e. The number of imide groups is 1. The Morgan fingerprint density at radius 2 is 1.63 bits per heavy atom. The van der Waals surface area contributed by atoms with Crippen molar-refractivity contribution in [3.8, 4) is 0 Å². The predicted octanol–water partition coefficient (Wildman–Crippen LogP) is 5.75. The van der Waals surface area contributed by atoms with Crippen LogP contribution in [0.15, 0.2) is 11.1 Å². The zero-order valence-corrected chi connectivity index (χ0v) is 28.7. The number of nitrogens with zero attached hydrogens (tertiary/aromatic N) is 5. The number of rotatable bonds is 5. The molecule has 0 bridgehead atoms. The van der Waals surface area contributed by atoms with Gasteiger partial charge in [-0.3, -0.25) is 14.2 Å². The van der Waals surface area contributed by atoms with Crippen molar-refractivity contribution in [2.75, 3.05) is 4.90 Å². The SMILES string of the molecule is CC[C@H]1O[C@@H](n2cnc3c(=O)n(C(=O)OC(C)(C)C)c(N(C(C)=O)C(=O)OC(C)(C)C)nc32)C[C@H]1O[Si](C)(C)C(C)(C)C. The summed E-state index contributed by atoms with van der Waals surface area (Å²) in [6, 6.07) is 0. The third-order valence-corrected chi connectivity index (χ3v) is 11.9. The highest BCUT2D eigenvalue weighted by Crippen LogP contribution is 2.42. The number of carbonyl (C=O) groups excluding carboxylic acids is 3. The zero-order chi connectivity index (χ0) is 32.9. The molecule has 0 aliphatic carbocycles. The lowest BCUT2D eigenvalue weighted by Crippen LogP contribution is -2.45. The minimum atomic E-state index is -2.13. The van der Waals surface area contributed by atoms with Crippen LogP contribution < -0.4 is 10.5 Å². The van der Waals surface area contributed by atoms with Crippen molar-refractivity contribution in [2.24, 2.45) is 0 Å². The van der Waals surface area contributed by atoms with E-state index >= 15 is 0 Å². The zero-order valence-electron chi connectivity index (χ0n) is 27.7. The van der Waals surface area contributed by atoms with Crippen molar-refractivity contribution in [1.29, 1.82) is 0 Å². The van der Waals surface area contributed by atoms with Gasteiger partial charge in [-0.25, -0.2) is 14.6 Å². The molecule has 1 fully saturated rings.